The Morgan fingerprint density at radius 1 is 1.04 bits per heavy atom. The van der Waals surface area contributed by atoms with Crippen molar-refractivity contribution in [3.63, 3.8) is 0 Å². The maximum Gasteiger partial charge on any atom is 0.171 e. The summed E-state index contributed by atoms with van der Waals surface area (Å²) >= 11 is 0. The number of hydrogen-bond acceptors (Lipinski definition) is 6. The molecule has 8 heteroatoms. The number of ether oxygens (including phenoxy) is 3. The average Bonchev–Trinajstić information content (AvgIpc) is 3.32. The van der Waals surface area contributed by atoms with E-state index in [-0.39, 0.29) is 0 Å². The van der Waals surface area contributed by atoms with Gasteiger partial charge in [0.2, 0.25) is 0 Å². The molecule has 0 bridgehead atoms. The van der Waals surface area contributed by atoms with Crippen LogP contribution >= 0.6 is 0 Å². The summed E-state index contributed by atoms with van der Waals surface area (Å²) in [6.45, 7) is 4.11. The van der Waals surface area contributed by atoms with Gasteiger partial charge in [-0.05, 0) is 24.6 Å². The van der Waals surface area contributed by atoms with E-state index < -0.39 is 0 Å². The fourth-order valence-electron chi connectivity index (χ4n) is 3.07. The maximum atomic E-state index is 5.60. The molecule has 0 amide bonds. The Balaban J connectivity index is 1.85. The van der Waals surface area contributed by atoms with Crippen LogP contribution in [0.1, 0.15) is 11.4 Å². The van der Waals surface area contributed by atoms with Crippen molar-refractivity contribution in [1.82, 2.24) is 24.3 Å². The molecule has 8 nitrogen and oxygen atoms in total. The van der Waals surface area contributed by atoms with Crippen LogP contribution in [-0.4, -0.2) is 52.3 Å². The molecule has 0 aliphatic heterocycles. The Morgan fingerprint density at radius 2 is 1.89 bits per heavy atom. The van der Waals surface area contributed by atoms with Crippen LogP contribution in [0.15, 0.2) is 30.9 Å². The Hall–Kier alpha value is -2.87. The molecule has 0 saturated heterocycles. The van der Waals surface area contributed by atoms with Crippen molar-refractivity contribution in [2.75, 3.05) is 27.9 Å². The lowest BCUT2D eigenvalue weighted by molar-refractivity contribution is 0.186. The molecule has 0 unspecified atom stereocenters. The van der Waals surface area contributed by atoms with Gasteiger partial charge in [0.05, 0.1) is 26.4 Å². The largest absolute Gasteiger partial charge is 0.493 e. The van der Waals surface area contributed by atoms with E-state index >= 15 is 0 Å². The van der Waals surface area contributed by atoms with Crippen LogP contribution in [0.4, 0.5) is 0 Å². The van der Waals surface area contributed by atoms with E-state index in [4.69, 9.17) is 14.2 Å². The fraction of sp³-hybridized carbons (Fsp3) is 0.421. The van der Waals surface area contributed by atoms with Crippen molar-refractivity contribution in [3.05, 3.63) is 42.2 Å². The third-order valence-corrected chi connectivity index (χ3v) is 4.39. The minimum absolute atomic E-state index is 0.627. The second-order valence-electron chi connectivity index (χ2n) is 6.18. The number of hydrogen-bond donors (Lipinski definition) is 0. The molecule has 0 atom stereocenters. The van der Waals surface area contributed by atoms with Crippen molar-refractivity contribution >= 4 is 0 Å². The second-order valence-corrected chi connectivity index (χ2v) is 6.18. The summed E-state index contributed by atoms with van der Waals surface area (Å²) in [6.07, 6.45) is 6.22. The number of aromatic nitrogens is 5. The molecular formula is C19H25N5O3. The van der Waals surface area contributed by atoms with E-state index in [0.717, 1.165) is 42.3 Å². The van der Waals surface area contributed by atoms with Gasteiger partial charge in [-0.15, -0.1) is 10.2 Å². The standard InChI is InChI=1S/C19H25N5O3/c1-14-11-15(18(27-4)16(12-14)26-3)19-20-6-8-23(19)7-5-17-22-21-13-24(17)9-10-25-2/h6,8,11-13H,5,7,9-10H2,1-4H3. The topological polar surface area (TPSA) is 76.2 Å². The third-order valence-electron chi connectivity index (χ3n) is 4.39. The first-order valence-corrected chi connectivity index (χ1v) is 8.77. The number of nitrogens with zero attached hydrogens (tertiary/aromatic N) is 5. The summed E-state index contributed by atoms with van der Waals surface area (Å²) in [5, 5.41) is 8.24. The summed E-state index contributed by atoms with van der Waals surface area (Å²) < 4.78 is 20.3. The highest BCUT2D eigenvalue weighted by Gasteiger charge is 2.17. The Morgan fingerprint density at radius 3 is 2.63 bits per heavy atom. The first-order valence-electron chi connectivity index (χ1n) is 8.77. The molecule has 2 heterocycles. The summed E-state index contributed by atoms with van der Waals surface area (Å²) in [7, 11) is 4.97. The number of benzene rings is 1. The van der Waals surface area contributed by atoms with Crippen molar-refractivity contribution in [2.45, 2.75) is 26.4 Å². The number of methoxy groups -OCH3 is 3. The molecule has 0 spiro atoms. The van der Waals surface area contributed by atoms with Gasteiger partial charge in [0.1, 0.15) is 18.0 Å². The molecular weight excluding hydrogens is 346 g/mol. The van der Waals surface area contributed by atoms with Crippen molar-refractivity contribution in [3.8, 4) is 22.9 Å². The molecule has 3 aromatic rings. The van der Waals surface area contributed by atoms with Crippen LogP contribution in [0.25, 0.3) is 11.4 Å². The Kier molecular flexibility index (Phi) is 6.08. The Bertz CT molecular complexity index is 887. The molecule has 0 saturated carbocycles. The summed E-state index contributed by atoms with van der Waals surface area (Å²) in [5.74, 6) is 3.12. The lowest BCUT2D eigenvalue weighted by Gasteiger charge is -2.15. The second kappa shape index (κ2) is 8.68. The monoisotopic (exact) mass is 371 g/mol. The fourth-order valence-corrected chi connectivity index (χ4v) is 3.07. The van der Waals surface area contributed by atoms with Crippen LogP contribution in [0, 0.1) is 6.92 Å². The van der Waals surface area contributed by atoms with Gasteiger partial charge >= 0.3 is 0 Å². The average molecular weight is 371 g/mol. The molecule has 0 aliphatic rings. The van der Waals surface area contributed by atoms with E-state index in [1.165, 1.54) is 0 Å². The first-order chi connectivity index (χ1) is 13.2. The molecule has 0 radical (unpaired) electrons. The van der Waals surface area contributed by atoms with Gasteiger partial charge in [0, 0.05) is 39.0 Å². The lowest BCUT2D eigenvalue weighted by Crippen LogP contribution is -2.11. The normalized spacial score (nSPS) is 11.0. The molecule has 27 heavy (non-hydrogen) atoms. The van der Waals surface area contributed by atoms with Crippen LogP contribution in [-0.2, 0) is 24.2 Å². The first kappa shape index (κ1) is 18.9. The van der Waals surface area contributed by atoms with Crippen molar-refractivity contribution in [2.24, 2.45) is 0 Å². The molecule has 0 N–H and O–H groups in total. The molecule has 0 fully saturated rings. The maximum absolute atomic E-state index is 5.60. The predicted molar refractivity (Wildman–Crippen MR) is 101 cm³/mol. The van der Waals surface area contributed by atoms with E-state index in [0.29, 0.717) is 18.1 Å². The van der Waals surface area contributed by atoms with E-state index in [1.807, 2.05) is 23.8 Å². The van der Waals surface area contributed by atoms with Gasteiger partial charge in [-0.1, -0.05) is 0 Å². The zero-order valence-corrected chi connectivity index (χ0v) is 16.2. The molecule has 3 rings (SSSR count). The number of rotatable bonds is 9. The van der Waals surface area contributed by atoms with Gasteiger partial charge in [-0.25, -0.2) is 4.98 Å². The number of aryl methyl sites for hydroxylation is 3. The van der Waals surface area contributed by atoms with Gasteiger partial charge in [0.25, 0.3) is 0 Å². The van der Waals surface area contributed by atoms with Crippen molar-refractivity contribution < 1.29 is 14.2 Å². The summed E-state index contributed by atoms with van der Waals surface area (Å²) in [4.78, 5) is 4.55. The van der Waals surface area contributed by atoms with Gasteiger partial charge in [0.15, 0.2) is 11.5 Å². The van der Waals surface area contributed by atoms with E-state index in [2.05, 4.69) is 25.8 Å². The molecule has 1 aromatic carbocycles. The van der Waals surface area contributed by atoms with Gasteiger partial charge in [-0.3, -0.25) is 0 Å². The van der Waals surface area contributed by atoms with Crippen molar-refractivity contribution in [1.29, 1.82) is 0 Å². The van der Waals surface area contributed by atoms with Gasteiger partial charge in [-0.2, -0.15) is 0 Å². The van der Waals surface area contributed by atoms with Crippen LogP contribution in [0.3, 0.4) is 0 Å². The quantitative estimate of drug-likeness (QED) is 0.575. The molecule has 0 aliphatic carbocycles. The van der Waals surface area contributed by atoms with Gasteiger partial charge < -0.3 is 23.3 Å². The number of imidazole rings is 1. The van der Waals surface area contributed by atoms with Crippen LogP contribution in [0.5, 0.6) is 11.5 Å². The Labute approximate surface area is 158 Å². The molecule has 144 valence electrons. The zero-order valence-electron chi connectivity index (χ0n) is 16.2. The highest BCUT2D eigenvalue weighted by atomic mass is 16.5. The SMILES string of the molecule is COCCn1cnnc1CCn1ccnc1-c1cc(C)cc(OC)c1OC. The summed E-state index contributed by atoms with van der Waals surface area (Å²) in [5.41, 5.74) is 1.98. The van der Waals surface area contributed by atoms with Crippen LogP contribution < -0.4 is 9.47 Å². The minimum Gasteiger partial charge on any atom is -0.493 e. The van der Waals surface area contributed by atoms with E-state index in [9.17, 15) is 0 Å². The zero-order chi connectivity index (χ0) is 19.2. The van der Waals surface area contributed by atoms with E-state index in [1.54, 1.807) is 33.9 Å². The lowest BCUT2D eigenvalue weighted by atomic mass is 10.1. The minimum atomic E-state index is 0.627. The highest BCUT2D eigenvalue weighted by Crippen LogP contribution is 2.38. The third kappa shape index (κ3) is 4.11. The smallest absolute Gasteiger partial charge is 0.171 e. The predicted octanol–water partition coefficient (Wildman–Crippen LogP) is 2.36. The summed E-state index contributed by atoms with van der Waals surface area (Å²) in [6, 6.07) is 4.01. The highest BCUT2D eigenvalue weighted by molar-refractivity contribution is 5.70. The van der Waals surface area contributed by atoms with Crippen LogP contribution in [0.2, 0.25) is 0 Å². The molecule has 2 aromatic heterocycles.